The van der Waals surface area contributed by atoms with Crippen molar-refractivity contribution in [1.29, 1.82) is 0 Å². The van der Waals surface area contributed by atoms with Crippen LogP contribution in [-0.4, -0.2) is 41.8 Å². The van der Waals surface area contributed by atoms with Gasteiger partial charge in [0.15, 0.2) is 11.0 Å². The molecule has 204 valence electrons. The van der Waals surface area contributed by atoms with Crippen LogP contribution >= 0.6 is 0 Å². The topological polar surface area (TPSA) is 150 Å². The second-order valence-corrected chi connectivity index (χ2v) is 11.0. The Labute approximate surface area is 239 Å². The molecular weight excluding hydrogens is 497 g/mol. The number of aliphatic carboxylic acids is 1. The van der Waals surface area contributed by atoms with Crippen LogP contribution in [0.1, 0.15) is 117 Å². The number of allylic oxidation sites excluding steroid dienone is 2. The van der Waals surface area contributed by atoms with Gasteiger partial charge in [-0.05, 0) is 46.0 Å². The number of unbranched alkanes of at least 4 members (excludes halogenated alkanes) is 11. The molecule has 1 amide bonds. The van der Waals surface area contributed by atoms with E-state index < -0.39 is 39.5 Å². The maximum absolute atomic E-state index is 12.1. The van der Waals surface area contributed by atoms with Gasteiger partial charge in [0.2, 0.25) is 5.91 Å². The zero-order valence-corrected chi connectivity index (χ0v) is 25.4. The van der Waals surface area contributed by atoms with E-state index in [4.69, 9.17) is 9.29 Å². The molecule has 0 spiro atoms. The molecule has 11 heteroatoms. The minimum atomic E-state index is -5.01. The van der Waals surface area contributed by atoms with E-state index in [0.717, 1.165) is 38.5 Å². The van der Waals surface area contributed by atoms with Crippen LogP contribution in [0.4, 0.5) is 0 Å². The molecule has 0 saturated carbocycles. The van der Waals surface area contributed by atoms with Crippen LogP contribution in [0, 0.1) is 0 Å². The first-order chi connectivity index (χ1) is 16.4. The number of hydrogen-bond donors (Lipinski definition) is 2. The number of carbonyl (C=O) groups excluding carboxylic acids is 3. The fourth-order valence-corrected chi connectivity index (χ4v) is 4.20. The number of carboxylic acids is 1. The summed E-state index contributed by atoms with van der Waals surface area (Å²) < 4.78 is 36.5. The number of carboxylic acid groups (broad SMARTS) is 1. The van der Waals surface area contributed by atoms with Gasteiger partial charge >= 0.3 is 35.5 Å². The van der Waals surface area contributed by atoms with E-state index >= 15 is 0 Å². The van der Waals surface area contributed by atoms with Gasteiger partial charge in [0.1, 0.15) is 0 Å². The van der Waals surface area contributed by atoms with E-state index in [9.17, 15) is 27.9 Å². The van der Waals surface area contributed by atoms with E-state index in [0.29, 0.717) is 6.42 Å². The van der Waals surface area contributed by atoms with Gasteiger partial charge < -0.3 is 20.0 Å². The quantitative estimate of drug-likeness (QED) is 0.0542. The Morgan fingerprint density at radius 3 is 1.86 bits per heavy atom. The Kier molecular flexibility index (Phi) is 21.8. The molecule has 1 atom stereocenters. The third-order valence-electron chi connectivity index (χ3n) is 5.44. The first kappa shape index (κ1) is 37.2. The van der Waals surface area contributed by atoms with Crippen LogP contribution < -0.4 is 40.0 Å². The first-order valence-electron chi connectivity index (χ1n) is 12.7. The average molecular weight is 542 g/mol. The fourth-order valence-electron chi connectivity index (χ4n) is 3.56. The summed E-state index contributed by atoms with van der Waals surface area (Å²) in [6.45, 7) is 4.87. The van der Waals surface area contributed by atoms with E-state index in [-0.39, 0.29) is 41.9 Å². The molecule has 0 heterocycles. The molecule has 0 saturated heterocycles. The van der Waals surface area contributed by atoms with Crippen molar-refractivity contribution in [3.05, 3.63) is 12.2 Å². The monoisotopic (exact) mass is 541 g/mol. The van der Waals surface area contributed by atoms with Crippen molar-refractivity contribution in [3.8, 4) is 0 Å². The summed E-state index contributed by atoms with van der Waals surface area (Å²) in [6, 6.07) is 0. The fraction of sp³-hybridized carbons (Fsp3) is 0.800. The van der Waals surface area contributed by atoms with Crippen LogP contribution in [0.2, 0.25) is 0 Å². The second kappa shape index (κ2) is 21.0. The molecule has 2 N–H and O–H groups in total. The molecule has 0 aliphatic rings. The molecule has 0 aliphatic heterocycles. The summed E-state index contributed by atoms with van der Waals surface area (Å²) >= 11 is 0. The molecule has 0 aromatic carbocycles. The average Bonchev–Trinajstić information content (AvgIpc) is 2.73. The van der Waals surface area contributed by atoms with Crippen LogP contribution in [0.5, 0.6) is 0 Å². The van der Waals surface area contributed by atoms with Gasteiger partial charge in [-0.15, -0.1) is 0 Å². The van der Waals surface area contributed by atoms with Gasteiger partial charge in [-0.1, -0.05) is 70.4 Å². The van der Waals surface area contributed by atoms with E-state index in [1.165, 1.54) is 52.4 Å². The van der Waals surface area contributed by atoms with Crippen molar-refractivity contribution < 1.29 is 66.8 Å². The SMILES string of the molecule is CCCCCCCC/C=C\CCCCCCCC(=O)NC(C)(C)OC(=O)C(CC(=O)[O-])S(=O)(=O)O.[Na+]. The molecule has 0 aliphatic carbocycles. The number of amides is 1. The molecule has 1 unspecified atom stereocenters. The van der Waals surface area contributed by atoms with Gasteiger partial charge in [-0.3, -0.25) is 14.1 Å². The largest absolute Gasteiger partial charge is 1.00 e. The molecule has 0 aromatic rings. The smallest absolute Gasteiger partial charge is 0.550 e. The summed E-state index contributed by atoms with van der Waals surface area (Å²) in [5.74, 6) is -3.71. The van der Waals surface area contributed by atoms with E-state index in [1.807, 2.05) is 0 Å². The number of ether oxygens (including phenoxy) is 1. The zero-order chi connectivity index (χ0) is 26.7. The van der Waals surface area contributed by atoms with Gasteiger partial charge in [0.05, 0.1) is 0 Å². The molecule has 0 bridgehead atoms. The van der Waals surface area contributed by atoms with Gasteiger partial charge in [0, 0.05) is 18.8 Å². The minimum Gasteiger partial charge on any atom is -0.550 e. The van der Waals surface area contributed by atoms with Crippen LogP contribution in [0.15, 0.2) is 12.2 Å². The Bertz CT molecular complexity index is 768. The predicted molar refractivity (Wildman–Crippen MR) is 133 cm³/mol. The van der Waals surface area contributed by atoms with Crippen molar-refractivity contribution in [1.82, 2.24) is 5.32 Å². The predicted octanol–water partition coefficient (Wildman–Crippen LogP) is 0.820. The standard InChI is InChI=1S/C25H45NO8S.Na/c1-4-5-6-7-8-9-10-11-12-13-14-15-16-17-18-19-22(27)26-25(2,3)34-24(30)21(20-23(28)29)35(31,32)33;/h11-12,21H,4-10,13-20H2,1-3H3,(H,26,27)(H,28,29)(H,31,32,33);/q;+1/p-1/b12-11-;. The minimum absolute atomic E-state index is 0. The summed E-state index contributed by atoms with van der Waals surface area (Å²) in [5, 5.41) is 10.8. The molecule has 0 aromatic heterocycles. The maximum atomic E-state index is 12.1. The number of hydrogen-bond acceptors (Lipinski definition) is 7. The van der Waals surface area contributed by atoms with E-state index in [1.54, 1.807) is 0 Å². The van der Waals surface area contributed by atoms with E-state index in [2.05, 4.69) is 24.4 Å². The van der Waals surface area contributed by atoms with Gasteiger partial charge in [-0.25, -0.2) is 0 Å². The number of rotatable bonds is 21. The molecule has 0 radical (unpaired) electrons. The molecule has 36 heavy (non-hydrogen) atoms. The normalized spacial score (nSPS) is 12.7. The summed E-state index contributed by atoms with van der Waals surface area (Å²) in [6.07, 6.45) is 18.3. The Balaban J connectivity index is 0. The molecular formula is C25H44NNaO8S. The third kappa shape index (κ3) is 21.2. The van der Waals surface area contributed by atoms with Crippen molar-refractivity contribution in [2.45, 2.75) is 128 Å². The number of nitrogens with one attached hydrogen (secondary N) is 1. The Morgan fingerprint density at radius 2 is 1.39 bits per heavy atom. The summed E-state index contributed by atoms with van der Waals surface area (Å²) in [7, 11) is -5.01. The van der Waals surface area contributed by atoms with Gasteiger partial charge in [0.25, 0.3) is 10.1 Å². The first-order valence-corrected chi connectivity index (χ1v) is 14.2. The number of carbonyl (C=O) groups is 3. The van der Waals surface area contributed by atoms with Crippen LogP contribution in [-0.2, 0) is 29.2 Å². The summed E-state index contributed by atoms with van der Waals surface area (Å²) in [4.78, 5) is 34.8. The van der Waals surface area contributed by atoms with Crippen molar-refractivity contribution in [2.75, 3.05) is 0 Å². The molecule has 0 fully saturated rings. The Hall–Kier alpha value is -0.940. The van der Waals surface area contributed by atoms with Crippen molar-refractivity contribution in [2.24, 2.45) is 0 Å². The Morgan fingerprint density at radius 1 is 0.917 bits per heavy atom. The second-order valence-electron chi connectivity index (χ2n) is 9.39. The third-order valence-corrected chi connectivity index (χ3v) is 6.51. The molecule has 9 nitrogen and oxygen atoms in total. The molecule has 0 rings (SSSR count). The van der Waals surface area contributed by atoms with Crippen LogP contribution in [0.25, 0.3) is 0 Å². The number of esters is 1. The van der Waals surface area contributed by atoms with Gasteiger partial charge in [-0.2, -0.15) is 8.42 Å². The maximum Gasteiger partial charge on any atom is 1.00 e. The zero-order valence-electron chi connectivity index (χ0n) is 22.6. The van der Waals surface area contributed by atoms with Crippen molar-refractivity contribution in [3.63, 3.8) is 0 Å². The van der Waals surface area contributed by atoms with Crippen molar-refractivity contribution >= 4 is 28.0 Å². The summed E-state index contributed by atoms with van der Waals surface area (Å²) in [5.41, 5.74) is -1.58. The van der Waals surface area contributed by atoms with Crippen LogP contribution in [0.3, 0.4) is 0 Å².